The summed E-state index contributed by atoms with van der Waals surface area (Å²) in [6.07, 6.45) is 1.18. The molecule has 0 aliphatic heterocycles. The van der Waals surface area contributed by atoms with Crippen LogP contribution in [0.15, 0.2) is 18.3 Å². The second kappa shape index (κ2) is 3.36. The Kier molecular flexibility index (Phi) is 2.18. The van der Waals surface area contributed by atoms with E-state index in [0.717, 1.165) is 11.4 Å². The molecule has 74 valence electrons. The number of fused-ring (bicyclic) bond motifs is 1. The van der Waals surface area contributed by atoms with Crippen molar-refractivity contribution in [2.75, 3.05) is 6.54 Å². The average Bonchev–Trinajstić information content (AvgIpc) is 2.59. The van der Waals surface area contributed by atoms with E-state index in [2.05, 4.69) is 10.2 Å². The highest BCUT2D eigenvalue weighted by molar-refractivity contribution is 5.48. The number of rotatable bonds is 2. The van der Waals surface area contributed by atoms with Crippen molar-refractivity contribution in [2.45, 2.75) is 13.0 Å². The summed E-state index contributed by atoms with van der Waals surface area (Å²) in [5, 5.41) is 17.5. The van der Waals surface area contributed by atoms with Gasteiger partial charge in [0.1, 0.15) is 5.82 Å². The first-order chi connectivity index (χ1) is 6.74. The molecule has 0 saturated carbocycles. The zero-order valence-electron chi connectivity index (χ0n) is 7.88. The highest BCUT2D eigenvalue weighted by atomic mass is 16.3. The fourth-order valence-corrected chi connectivity index (χ4v) is 1.44. The molecule has 0 spiro atoms. The minimum Gasteiger partial charge on any atom is -0.387 e. The van der Waals surface area contributed by atoms with Crippen molar-refractivity contribution >= 4 is 5.65 Å². The van der Waals surface area contributed by atoms with Crippen molar-refractivity contribution in [1.82, 2.24) is 14.6 Å². The van der Waals surface area contributed by atoms with Gasteiger partial charge in [0.2, 0.25) is 0 Å². The van der Waals surface area contributed by atoms with Gasteiger partial charge < -0.3 is 10.8 Å². The standard InChI is InChI=1S/C9H12N4O/c1-6-11-12-9-7(8(14)5-10)3-2-4-13(6)9/h2-4,8,14H,5,10H2,1H3. The van der Waals surface area contributed by atoms with Gasteiger partial charge in [0.05, 0.1) is 6.10 Å². The Balaban J connectivity index is 2.65. The summed E-state index contributed by atoms with van der Waals surface area (Å²) >= 11 is 0. The Morgan fingerprint density at radius 1 is 1.57 bits per heavy atom. The van der Waals surface area contributed by atoms with Gasteiger partial charge in [-0.2, -0.15) is 0 Å². The van der Waals surface area contributed by atoms with Crippen molar-refractivity contribution in [3.63, 3.8) is 0 Å². The molecule has 0 radical (unpaired) electrons. The van der Waals surface area contributed by atoms with Gasteiger partial charge in [-0.15, -0.1) is 10.2 Å². The van der Waals surface area contributed by atoms with Crippen molar-refractivity contribution in [1.29, 1.82) is 0 Å². The van der Waals surface area contributed by atoms with E-state index in [-0.39, 0.29) is 6.54 Å². The summed E-state index contributed by atoms with van der Waals surface area (Å²) in [5.74, 6) is 0.797. The maximum Gasteiger partial charge on any atom is 0.166 e. The van der Waals surface area contributed by atoms with E-state index < -0.39 is 6.10 Å². The van der Waals surface area contributed by atoms with E-state index in [1.807, 2.05) is 23.6 Å². The maximum absolute atomic E-state index is 9.63. The zero-order chi connectivity index (χ0) is 10.1. The monoisotopic (exact) mass is 192 g/mol. The number of hydrogen-bond acceptors (Lipinski definition) is 4. The minimum absolute atomic E-state index is 0.186. The molecular formula is C9H12N4O. The van der Waals surface area contributed by atoms with E-state index in [0.29, 0.717) is 5.65 Å². The van der Waals surface area contributed by atoms with Crippen LogP contribution in [-0.4, -0.2) is 26.2 Å². The number of aliphatic hydroxyl groups is 1. The van der Waals surface area contributed by atoms with Crippen LogP contribution >= 0.6 is 0 Å². The van der Waals surface area contributed by atoms with E-state index in [1.54, 1.807) is 6.07 Å². The Bertz CT molecular complexity index is 451. The van der Waals surface area contributed by atoms with Crippen LogP contribution in [0.1, 0.15) is 17.5 Å². The smallest absolute Gasteiger partial charge is 0.166 e. The lowest BCUT2D eigenvalue weighted by Crippen LogP contribution is -2.12. The van der Waals surface area contributed by atoms with Crippen molar-refractivity contribution in [3.8, 4) is 0 Å². The maximum atomic E-state index is 9.63. The largest absolute Gasteiger partial charge is 0.387 e. The van der Waals surface area contributed by atoms with Gasteiger partial charge in [0.25, 0.3) is 0 Å². The minimum atomic E-state index is -0.678. The number of nitrogens with two attached hydrogens (primary N) is 1. The summed E-state index contributed by atoms with van der Waals surface area (Å²) in [6, 6.07) is 3.65. The van der Waals surface area contributed by atoms with Crippen LogP contribution < -0.4 is 5.73 Å². The lowest BCUT2D eigenvalue weighted by atomic mass is 10.1. The third-order valence-electron chi connectivity index (χ3n) is 2.22. The van der Waals surface area contributed by atoms with Gasteiger partial charge in [-0.3, -0.25) is 4.40 Å². The Hall–Kier alpha value is -1.46. The molecule has 1 unspecified atom stereocenters. The molecule has 3 N–H and O–H groups in total. The lowest BCUT2D eigenvalue weighted by Gasteiger charge is -2.08. The Morgan fingerprint density at radius 2 is 2.36 bits per heavy atom. The summed E-state index contributed by atoms with van der Waals surface area (Å²) in [5.41, 5.74) is 6.78. The van der Waals surface area contributed by atoms with E-state index in [9.17, 15) is 5.11 Å². The molecule has 1 atom stereocenters. The molecule has 2 aromatic rings. The van der Waals surface area contributed by atoms with E-state index in [4.69, 9.17) is 5.73 Å². The normalized spacial score (nSPS) is 13.4. The summed E-state index contributed by atoms with van der Waals surface area (Å²) in [7, 11) is 0. The van der Waals surface area contributed by atoms with Crippen LogP contribution in [0.5, 0.6) is 0 Å². The highest BCUT2D eigenvalue weighted by Crippen LogP contribution is 2.16. The molecular weight excluding hydrogens is 180 g/mol. The molecule has 0 aliphatic carbocycles. The third kappa shape index (κ3) is 1.26. The predicted octanol–water partition coefficient (Wildman–Crippen LogP) is 0.0298. The fourth-order valence-electron chi connectivity index (χ4n) is 1.44. The van der Waals surface area contributed by atoms with Gasteiger partial charge in [0.15, 0.2) is 5.65 Å². The van der Waals surface area contributed by atoms with Crippen LogP contribution in [-0.2, 0) is 0 Å². The highest BCUT2D eigenvalue weighted by Gasteiger charge is 2.12. The summed E-state index contributed by atoms with van der Waals surface area (Å²) in [6.45, 7) is 2.05. The van der Waals surface area contributed by atoms with Crippen molar-refractivity contribution < 1.29 is 5.11 Å². The third-order valence-corrected chi connectivity index (χ3v) is 2.22. The quantitative estimate of drug-likeness (QED) is 0.703. The van der Waals surface area contributed by atoms with Gasteiger partial charge in [-0.25, -0.2) is 0 Å². The number of aliphatic hydroxyl groups excluding tert-OH is 1. The number of aryl methyl sites for hydroxylation is 1. The first-order valence-electron chi connectivity index (χ1n) is 4.42. The predicted molar refractivity (Wildman–Crippen MR) is 51.7 cm³/mol. The number of hydrogen-bond donors (Lipinski definition) is 2. The first kappa shape index (κ1) is 9.11. The van der Waals surface area contributed by atoms with E-state index >= 15 is 0 Å². The molecule has 2 aromatic heterocycles. The van der Waals surface area contributed by atoms with Gasteiger partial charge in [0, 0.05) is 18.3 Å². The summed E-state index contributed by atoms with van der Waals surface area (Å²) in [4.78, 5) is 0. The van der Waals surface area contributed by atoms with Crippen LogP contribution in [0.3, 0.4) is 0 Å². The first-order valence-corrected chi connectivity index (χ1v) is 4.42. The molecule has 0 aliphatic rings. The Morgan fingerprint density at radius 3 is 3.07 bits per heavy atom. The molecule has 14 heavy (non-hydrogen) atoms. The molecule has 0 bridgehead atoms. The lowest BCUT2D eigenvalue weighted by molar-refractivity contribution is 0.187. The number of pyridine rings is 1. The molecule has 0 saturated heterocycles. The molecule has 2 rings (SSSR count). The molecule has 2 heterocycles. The zero-order valence-corrected chi connectivity index (χ0v) is 7.88. The molecule has 0 aromatic carbocycles. The van der Waals surface area contributed by atoms with Gasteiger partial charge in [-0.1, -0.05) is 6.07 Å². The van der Waals surface area contributed by atoms with Crippen molar-refractivity contribution in [3.05, 3.63) is 29.7 Å². The van der Waals surface area contributed by atoms with Crippen LogP contribution in [0.2, 0.25) is 0 Å². The number of aromatic nitrogens is 3. The van der Waals surface area contributed by atoms with Crippen LogP contribution in [0.4, 0.5) is 0 Å². The van der Waals surface area contributed by atoms with Gasteiger partial charge in [-0.05, 0) is 13.0 Å². The second-order valence-electron chi connectivity index (χ2n) is 3.16. The summed E-state index contributed by atoms with van der Waals surface area (Å²) < 4.78 is 1.83. The Labute approximate surface area is 81.2 Å². The van der Waals surface area contributed by atoms with Crippen LogP contribution in [0.25, 0.3) is 5.65 Å². The SMILES string of the molecule is Cc1nnc2c(C(O)CN)cccn12. The van der Waals surface area contributed by atoms with Crippen LogP contribution in [0, 0.1) is 6.92 Å². The molecule has 0 amide bonds. The average molecular weight is 192 g/mol. The topological polar surface area (TPSA) is 76.4 Å². The van der Waals surface area contributed by atoms with Gasteiger partial charge >= 0.3 is 0 Å². The van der Waals surface area contributed by atoms with E-state index in [1.165, 1.54) is 0 Å². The molecule has 5 heteroatoms. The number of nitrogens with zero attached hydrogens (tertiary/aromatic N) is 3. The van der Waals surface area contributed by atoms with Crippen molar-refractivity contribution in [2.24, 2.45) is 5.73 Å². The molecule has 0 fully saturated rings. The molecule has 5 nitrogen and oxygen atoms in total. The second-order valence-corrected chi connectivity index (χ2v) is 3.16. The fraction of sp³-hybridized carbons (Fsp3) is 0.333.